The van der Waals surface area contributed by atoms with Gasteiger partial charge in [-0.15, -0.1) is 0 Å². The third kappa shape index (κ3) is 2.58. The molecule has 3 aliphatic rings. The van der Waals surface area contributed by atoms with E-state index in [1.54, 1.807) is 0 Å². The van der Waals surface area contributed by atoms with E-state index in [0.717, 1.165) is 68.7 Å². The highest BCUT2D eigenvalue weighted by atomic mass is 16.7. The predicted molar refractivity (Wildman–Crippen MR) is 92.3 cm³/mol. The largest absolute Gasteiger partial charge is 0.454 e. The van der Waals surface area contributed by atoms with Gasteiger partial charge in [0.25, 0.3) is 0 Å². The molecule has 0 spiro atoms. The van der Waals surface area contributed by atoms with Crippen LogP contribution in [0.3, 0.4) is 0 Å². The van der Waals surface area contributed by atoms with Crippen molar-refractivity contribution in [1.82, 2.24) is 4.90 Å². The zero-order chi connectivity index (χ0) is 16.6. The molecule has 0 N–H and O–H groups in total. The summed E-state index contributed by atoms with van der Waals surface area (Å²) in [5.74, 6) is 1.86. The fourth-order valence-electron chi connectivity index (χ4n) is 4.30. The van der Waals surface area contributed by atoms with Crippen molar-refractivity contribution >= 4 is 5.91 Å². The molecule has 2 heterocycles. The molecule has 0 aromatic heterocycles. The number of benzene rings is 1. The summed E-state index contributed by atoms with van der Waals surface area (Å²) in [5, 5.41) is 0. The quantitative estimate of drug-likeness (QED) is 0.776. The van der Waals surface area contributed by atoms with E-state index >= 15 is 0 Å². The van der Waals surface area contributed by atoms with Gasteiger partial charge in [0.05, 0.1) is 5.41 Å². The highest BCUT2D eigenvalue weighted by molar-refractivity contribution is 5.89. The highest BCUT2D eigenvalue weighted by Crippen LogP contribution is 2.45. The van der Waals surface area contributed by atoms with E-state index in [-0.39, 0.29) is 6.79 Å². The summed E-state index contributed by atoms with van der Waals surface area (Å²) >= 11 is 0. The first-order chi connectivity index (χ1) is 11.7. The van der Waals surface area contributed by atoms with Crippen LogP contribution in [0.2, 0.25) is 0 Å². The second-order valence-electron chi connectivity index (χ2n) is 7.25. The van der Waals surface area contributed by atoms with Gasteiger partial charge in [0.1, 0.15) is 0 Å². The SMILES string of the molecule is C=C1CCN(C(=O)C2(c3ccc4c(c3)OCO4)CCCCC2)CC1. The van der Waals surface area contributed by atoms with Gasteiger partial charge in [0.15, 0.2) is 11.5 Å². The average molecular weight is 327 g/mol. The molecule has 2 fully saturated rings. The monoisotopic (exact) mass is 327 g/mol. The van der Waals surface area contributed by atoms with E-state index in [1.165, 1.54) is 12.0 Å². The fourth-order valence-corrected chi connectivity index (χ4v) is 4.30. The lowest BCUT2D eigenvalue weighted by Crippen LogP contribution is -2.49. The van der Waals surface area contributed by atoms with E-state index in [2.05, 4.69) is 17.5 Å². The van der Waals surface area contributed by atoms with Crippen LogP contribution in [0.25, 0.3) is 0 Å². The van der Waals surface area contributed by atoms with Gasteiger partial charge in [0, 0.05) is 13.1 Å². The van der Waals surface area contributed by atoms with Gasteiger partial charge in [0.2, 0.25) is 12.7 Å². The minimum Gasteiger partial charge on any atom is -0.454 e. The van der Waals surface area contributed by atoms with Gasteiger partial charge in [-0.2, -0.15) is 0 Å². The Labute approximate surface area is 143 Å². The molecular weight excluding hydrogens is 302 g/mol. The van der Waals surface area contributed by atoms with Crippen LogP contribution in [0.5, 0.6) is 11.5 Å². The van der Waals surface area contributed by atoms with Crippen LogP contribution in [-0.2, 0) is 10.2 Å². The maximum Gasteiger partial charge on any atom is 0.233 e. The molecule has 4 rings (SSSR count). The summed E-state index contributed by atoms with van der Waals surface area (Å²) in [4.78, 5) is 15.6. The Hall–Kier alpha value is -1.97. The number of nitrogens with zero attached hydrogens (tertiary/aromatic N) is 1. The van der Waals surface area contributed by atoms with Crippen LogP contribution >= 0.6 is 0 Å². The lowest BCUT2D eigenvalue weighted by Gasteiger charge is -2.41. The number of carbonyl (C=O) groups excluding carboxylic acids is 1. The molecule has 0 unspecified atom stereocenters. The van der Waals surface area contributed by atoms with Crippen molar-refractivity contribution in [3.05, 3.63) is 35.9 Å². The third-order valence-corrected chi connectivity index (χ3v) is 5.80. The minimum absolute atomic E-state index is 0.272. The number of rotatable bonds is 2. The molecule has 1 saturated heterocycles. The van der Waals surface area contributed by atoms with Crippen molar-refractivity contribution in [2.75, 3.05) is 19.9 Å². The summed E-state index contributed by atoms with van der Waals surface area (Å²) in [5.41, 5.74) is 1.97. The number of hydrogen-bond donors (Lipinski definition) is 0. The molecule has 4 heteroatoms. The number of amides is 1. The number of fused-ring (bicyclic) bond motifs is 1. The number of hydrogen-bond acceptors (Lipinski definition) is 3. The fraction of sp³-hybridized carbons (Fsp3) is 0.550. The van der Waals surface area contributed by atoms with Crippen LogP contribution in [-0.4, -0.2) is 30.7 Å². The van der Waals surface area contributed by atoms with Crippen LogP contribution in [0.15, 0.2) is 30.4 Å². The van der Waals surface area contributed by atoms with E-state index in [4.69, 9.17) is 9.47 Å². The smallest absolute Gasteiger partial charge is 0.233 e. The first-order valence-corrected chi connectivity index (χ1v) is 9.05. The van der Waals surface area contributed by atoms with Crippen molar-refractivity contribution < 1.29 is 14.3 Å². The molecule has 128 valence electrons. The minimum atomic E-state index is -0.391. The van der Waals surface area contributed by atoms with Crippen LogP contribution in [0.4, 0.5) is 0 Å². The number of piperidine rings is 1. The van der Waals surface area contributed by atoms with Gasteiger partial charge in [-0.3, -0.25) is 4.79 Å². The zero-order valence-electron chi connectivity index (χ0n) is 14.2. The topological polar surface area (TPSA) is 38.8 Å². The second-order valence-corrected chi connectivity index (χ2v) is 7.25. The first kappa shape index (κ1) is 15.6. The first-order valence-electron chi connectivity index (χ1n) is 9.05. The van der Waals surface area contributed by atoms with Gasteiger partial charge in [-0.05, 0) is 43.4 Å². The van der Waals surface area contributed by atoms with E-state index in [0.29, 0.717) is 5.91 Å². The van der Waals surface area contributed by atoms with Crippen LogP contribution in [0.1, 0.15) is 50.5 Å². The standard InChI is InChI=1S/C20H25NO3/c1-15-7-11-21(12-8-15)19(22)20(9-3-2-4-10-20)16-5-6-17-18(13-16)24-14-23-17/h5-6,13H,1-4,7-12,14H2. The van der Waals surface area contributed by atoms with E-state index in [1.807, 2.05) is 12.1 Å². The second kappa shape index (κ2) is 6.15. The Morgan fingerprint density at radius 1 is 1.04 bits per heavy atom. The molecular formula is C20H25NO3. The number of likely N-dealkylation sites (tertiary alicyclic amines) is 1. The lowest BCUT2D eigenvalue weighted by atomic mass is 9.68. The normalized spacial score (nSPS) is 22.5. The maximum absolute atomic E-state index is 13.5. The van der Waals surface area contributed by atoms with Gasteiger partial charge in [-0.25, -0.2) is 0 Å². The van der Waals surface area contributed by atoms with Crippen LogP contribution in [0, 0.1) is 0 Å². The molecule has 0 atom stereocenters. The summed E-state index contributed by atoms with van der Waals surface area (Å²) in [7, 11) is 0. The van der Waals surface area contributed by atoms with Crippen molar-refractivity contribution in [3.63, 3.8) is 0 Å². The zero-order valence-corrected chi connectivity index (χ0v) is 14.2. The van der Waals surface area contributed by atoms with Gasteiger partial charge < -0.3 is 14.4 Å². The number of ether oxygens (including phenoxy) is 2. The van der Waals surface area contributed by atoms with Gasteiger partial charge >= 0.3 is 0 Å². The Balaban J connectivity index is 1.67. The van der Waals surface area contributed by atoms with E-state index < -0.39 is 5.41 Å². The molecule has 1 amide bonds. The molecule has 0 bridgehead atoms. The number of carbonyl (C=O) groups is 1. The molecule has 0 radical (unpaired) electrons. The molecule has 4 nitrogen and oxygen atoms in total. The maximum atomic E-state index is 13.5. The van der Waals surface area contributed by atoms with E-state index in [9.17, 15) is 4.79 Å². The molecule has 1 aliphatic carbocycles. The summed E-state index contributed by atoms with van der Waals surface area (Å²) < 4.78 is 11.0. The average Bonchev–Trinajstić information content (AvgIpc) is 3.10. The highest BCUT2D eigenvalue weighted by Gasteiger charge is 2.44. The predicted octanol–water partition coefficient (Wildman–Crippen LogP) is 3.80. The van der Waals surface area contributed by atoms with Gasteiger partial charge in [-0.1, -0.05) is 37.5 Å². The van der Waals surface area contributed by atoms with Crippen LogP contribution < -0.4 is 9.47 Å². The van der Waals surface area contributed by atoms with Crippen molar-refractivity contribution in [2.24, 2.45) is 0 Å². The summed E-state index contributed by atoms with van der Waals surface area (Å²) in [6, 6.07) is 6.06. The Kier molecular flexibility index (Phi) is 3.99. The Morgan fingerprint density at radius 3 is 2.50 bits per heavy atom. The summed E-state index contributed by atoms with van der Waals surface area (Å²) in [6.07, 6.45) is 7.18. The molecule has 1 aromatic carbocycles. The Bertz CT molecular complexity index is 651. The molecule has 24 heavy (non-hydrogen) atoms. The molecule has 1 aromatic rings. The van der Waals surface area contributed by atoms with Crippen molar-refractivity contribution in [2.45, 2.75) is 50.4 Å². The van der Waals surface area contributed by atoms with Crippen molar-refractivity contribution in [1.29, 1.82) is 0 Å². The third-order valence-electron chi connectivity index (χ3n) is 5.80. The lowest BCUT2D eigenvalue weighted by molar-refractivity contribution is -0.139. The van der Waals surface area contributed by atoms with Crippen molar-refractivity contribution in [3.8, 4) is 11.5 Å². The molecule has 2 aliphatic heterocycles. The molecule has 1 saturated carbocycles. The Morgan fingerprint density at radius 2 is 1.75 bits per heavy atom. The summed E-state index contributed by atoms with van der Waals surface area (Å²) in [6.45, 7) is 5.96.